The minimum absolute atomic E-state index is 0.0511. The Morgan fingerprint density at radius 3 is 1.28 bits per heavy atom. The molecule has 0 aliphatic carbocycles. The molecule has 0 heterocycles. The lowest BCUT2D eigenvalue weighted by molar-refractivity contribution is -0.874. The summed E-state index contributed by atoms with van der Waals surface area (Å²) in [5.41, 5.74) is -2.16. The van der Waals surface area contributed by atoms with Crippen LogP contribution in [0.2, 0.25) is 0 Å². The van der Waals surface area contributed by atoms with Crippen LogP contribution >= 0.6 is 7.82 Å². The third kappa shape index (κ3) is 30.0. The highest BCUT2D eigenvalue weighted by molar-refractivity contribution is 7.47. The maximum atomic E-state index is 14.0. The number of likely N-dealkylation sites (N-methyl/N-ethyl adjacent to an activating group) is 1. The summed E-state index contributed by atoms with van der Waals surface area (Å²) in [7, 11) is 0.461. The second kappa shape index (κ2) is 33.9. The lowest BCUT2D eigenvalue weighted by Gasteiger charge is -2.37. The Labute approximate surface area is 332 Å². The topological polar surface area (TPSA) is 130 Å². The molecule has 0 fully saturated rings. The third-order valence-electron chi connectivity index (χ3n) is 9.84. The van der Waals surface area contributed by atoms with Gasteiger partial charge in [0.25, 0.3) is 0 Å². The summed E-state index contributed by atoms with van der Waals surface area (Å²) in [6, 6.07) is 0. The Morgan fingerprint density at radius 2 is 0.944 bits per heavy atom. The number of carbonyl (C=O) groups excluding carboxylic acids is 2. The van der Waals surface area contributed by atoms with Crippen molar-refractivity contribution in [2.75, 3.05) is 40.9 Å². The van der Waals surface area contributed by atoms with Crippen molar-refractivity contribution in [3.05, 3.63) is 24.3 Å². The predicted molar refractivity (Wildman–Crippen MR) is 225 cm³/mol. The number of carbonyl (C=O) groups is 2. The number of ketones is 2. The number of phosphoric acid groups is 1. The lowest BCUT2D eigenvalue weighted by Crippen LogP contribution is -2.59. The number of nitrogens with zero attached hydrogens (tertiary/aromatic N) is 1. The zero-order valence-electron chi connectivity index (χ0n) is 35.6. The average Bonchev–Trinajstić information content (AvgIpc) is 3.12. The molecule has 0 aromatic rings. The van der Waals surface area contributed by atoms with Crippen molar-refractivity contribution in [2.45, 2.75) is 205 Å². The molecule has 10 heteroatoms. The molecule has 2 atom stereocenters. The molecule has 0 amide bonds. The molecule has 9 nitrogen and oxygen atoms in total. The van der Waals surface area contributed by atoms with Crippen LogP contribution in [0.25, 0.3) is 0 Å². The lowest BCUT2D eigenvalue weighted by atomic mass is 9.86. The number of aliphatic hydroxyl groups excluding tert-OH is 2. The fraction of sp³-hybridized carbons (Fsp3) is 0.864. The summed E-state index contributed by atoms with van der Waals surface area (Å²) >= 11 is 0. The van der Waals surface area contributed by atoms with Gasteiger partial charge in [-0.3, -0.25) is 18.6 Å². The number of unbranched alkanes of at least 4 members (excludes halogenated alkanes) is 22. The zero-order chi connectivity index (χ0) is 40.4. The first kappa shape index (κ1) is 52.8. The molecular weight excluding hydrogens is 701 g/mol. The van der Waals surface area contributed by atoms with Crippen LogP contribution in [0.1, 0.15) is 194 Å². The minimum Gasteiger partial charge on any atom is -0.394 e. The fourth-order valence-corrected chi connectivity index (χ4v) is 7.77. The van der Waals surface area contributed by atoms with E-state index in [0.717, 1.165) is 77.0 Å². The van der Waals surface area contributed by atoms with E-state index in [9.17, 15) is 24.2 Å². The first-order valence-corrected chi connectivity index (χ1v) is 23.5. The third-order valence-corrected chi connectivity index (χ3v) is 10.9. The van der Waals surface area contributed by atoms with Crippen LogP contribution in [0.3, 0.4) is 0 Å². The number of hydrogen-bond acceptors (Lipinski definition) is 7. The number of hydrogen-bond donors (Lipinski definition) is 3. The predicted octanol–water partition coefficient (Wildman–Crippen LogP) is 11.1. The molecule has 0 aromatic carbocycles. The van der Waals surface area contributed by atoms with E-state index in [2.05, 4.69) is 38.2 Å². The number of quaternary nitrogens is 1. The van der Waals surface area contributed by atoms with Crippen molar-refractivity contribution in [3.63, 3.8) is 0 Å². The molecule has 318 valence electrons. The molecule has 0 saturated heterocycles. The molecule has 54 heavy (non-hydrogen) atoms. The summed E-state index contributed by atoms with van der Waals surface area (Å²) < 4.78 is 23.9. The van der Waals surface area contributed by atoms with E-state index in [1.165, 1.54) is 77.0 Å². The van der Waals surface area contributed by atoms with Crippen LogP contribution in [0, 0.1) is 0 Å². The van der Waals surface area contributed by atoms with Gasteiger partial charge in [-0.05, 0) is 64.2 Å². The van der Waals surface area contributed by atoms with Gasteiger partial charge in [-0.15, -0.1) is 0 Å². The maximum Gasteiger partial charge on any atom is 0.473 e. The summed E-state index contributed by atoms with van der Waals surface area (Å²) in [5.74, 6) is -1.02. The highest BCUT2D eigenvalue weighted by atomic mass is 31.2. The minimum atomic E-state index is -4.96. The van der Waals surface area contributed by atoms with E-state index in [4.69, 9.17) is 14.2 Å². The molecule has 0 aliphatic heterocycles. The van der Waals surface area contributed by atoms with Gasteiger partial charge in [0.2, 0.25) is 5.60 Å². The molecule has 0 saturated carbocycles. The smallest absolute Gasteiger partial charge is 0.394 e. The number of Topliss-reactive ketones (excluding diaryl/α,β-unsaturated/α-hetero) is 2. The molecule has 0 bridgehead atoms. The van der Waals surface area contributed by atoms with Gasteiger partial charge >= 0.3 is 7.82 Å². The van der Waals surface area contributed by atoms with Crippen LogP contribution < -0.4 is 0 Å². The average molecular weight is 787 g/mol. The van der Waals surface area contributed by atoms with E-state index >= 15 is 0 Å². The maximum absolute atomic E-state index is 14.0. The normalized spacial score (nSPS) is 14.3. The molecule has 0 aliphatic rings. The number of rotatable bonds is 40. The van der Waals surface area contributed by atoms with Crippen LogP contribution in [0.15, 0.2) is 24.3 Å². The second-order valence-corrected chi connectivity index (χ2v) is 17.9. The molecule has 0 spiro atoms. The molecule has 0 radical (unpaired) electrons. The Kier molecular flexibility index (Phi) is 33.2. The highest BCUT2D eigenvalue weighted by Crippen LogP contribution is 2.49. The van der Waals surface area contributed by atoms with Gasteiger partial charge in [0.05, 0.1) is 34.4 Å². The van der Waals surface area contributed by atoms with Crippen LogP contribution in [0.4, 0.5) is 0 Å². The first-order chi connectivity index (χ1) is 25.8. The van der Waals surface area contributed by atoms with Gasteiger partial charge in [0, 0.05) is 12.8 Å². The largest absolute Gasteiger partial charge is 0.473 e. The second-order valence-electron chi connectivity index (χ2n) is 16.5. The van der Waals surface area contributed by atoms with Crippen LogP contribution in [-0.2, 0) is 23.2 Å². The Bertz CT molecular complexity index is 973. The summed E-state index contributed by atoms with van der Waals surface area (Å²) in [4.78, 5) is 38.7. The molecule has 0 rings (SSSR count). The fourth-order valence-electron chi connectivity index (χ4n) is 6.70. The zero-order valence-corrected chi connectivity index (χ0v) is 36.5. The van der Waals surface area contributed by atoms with Crippen LogP contribution in [0.5, 0.6) is 0 Å². The number of aliphatic hydroxyl groups is 2. The van der Waals surface area contributed by atoms with Crippen molar-refractivity contribution < 1.29 is 42.8 Å². The highest BCUT2D eigenvalue weighted by Gasteiger charge is 2.54. The Morgan fingerprint density at radius 1 is 0.611 bits per heavy atom. The van der Waals surface area contributed by atoms with Crippen LogP contribution in [-0.4, -0.2) is 83.8 Å². The Balaban J connectivity index is 5.07. The van der Waals surface area contributed by atoms with Gasteiger partial charge in [-0.2, -0.15) is 0 Å². The van der Waals surface area contributed by atoms with Crippen molar-refractivity contribution in [3.8, 4) is 0 Å². The van der Waals surface area contributed by atoms with E-state index in [0.29, 0.717) is 12.8 Å². The SMILES string of the molecule is CCCCCCCC/C=C\CCCCCCCC(=O)C(C[N+](C)(C)C)(OP(=O)(O)OC[C@H](O)CO)C(=O)CCCCCCC/C=C\CCCCCCCC. The molecule has 0 aromatic heterocycles. The summed E-state index contributed by atoms with van der Waals surface area (Å²) in [6.07, 6.45) is 36.9. The van der Waals surface area contributed by atoms with Crippen molar-refractivity contribution in [1.82, 2.24) is 0 Å². The number of allylic oxidation sites excluding steroid dienone is 4. The summed E-state index contributed by atoms with van der Waals surface area (Å²) in [5, 5.41) is 18.9. The first-order valence-electron chi connectivity index (χ1n) is 22.0. The Hall–Kier alpha value is -1.19. The van der Waals surface area contributed by atoms with E-state index < -0.39 is 44.3 Å². The standard InChI is InChI=1S/C44H84NO8P/c1-6-8-10-12-14-16-18-20-22-24-26-28-30-32-34-36-42(48)44(40-45(3,4)5,53-54(50,51)52-39-41(47)38-46)43(49)37-35-33-31-29-27-25-23-21-19-17-15-13-11-9-7-2/h20-23,41,46-47H,6-19,24-40H2,1-5H3/p+1/b22-20-,23-21-/t41-/m1/s1. The quantitative estimate of drug-likeness (QED) is 0.0184. The van der Waals surface area contributed by atoms with Gasteiger partial charge in [0.15, 0.2) is 11.6 Å². The summed E-state index contributed by atoms with van der Waals surface area (Å²) in [6.45, 7) is 3.01. The van der Waals surface area contributed by atoms with Crippen molar-refractivity contribution in [2.24, 2.45) is 0 Å². The van der Waals surface area contributed by atoms with Gasteiger partial charge in [0.1, 0.15) is 12.6 Å². The van der Waals surface area contributed by atoms with Gasteiger partial charge in [-0.25, -0.2) is 4.57 Å². The molecule has 1 unspecified atom stereocenters. The number of phosphoric ester groups is 1. The van der Waals surface area contributed by atoms with Crippen molar-refractivity contribution in [1.29, 1.82) is 0 Å². The van der Waals surface area contributed by atoms with Gasteiger partial charge in [-0.1, -0.05) is 141 Å². The molecule has 3 N–H and O–H groups in total. The van der Waals surface area contributed by atoms with E-state index in [1.54, 1.807) is 21.1 Å². The van der Waals surface area contributed by atoms with Crippen molar-refractivity contribution >= 4 is 19.4 Å². The van der Waals surface area contributed by atoms with E-state index in [1.807, 2.05) is 0 Å². The molecular formula is C44H85NO8P+. The van der Waals surface area contributed by atoms with Gasteiger partial charge < -0.3 is 19.6 Å². The monoisotopic (exact) mass is 787 g/mol. The van der Waals surface area contributed by atoms with E-state index in [-0.39, 0.29) is 23.9 Å².